The second-order valence-corrected chi connectivity index (χ2v) is 5.53. The Morgan fingerprint density at radius 3 is 2.52 bits per heavy atom. The number of hydrogen-bond acceptors (Lipinski definition) is 3. The van der Waals surface area contributed by atoms with Gasteiger partial charge in [-0.1, -0.05) is 11.6 Å². The first-order valence-corrected chi connectivity index (χ1v) is 7.19. The third kappa shape index (κ3) is 3.65. The Morgan fingerprint density at radius 2 is 1.87 bits per heavy atom. The molecule has 1 heterocycles. The van der Waals surface area contributed by atoms with E-state index in [4.69, 9.17) is 0 Å². The summed E-state index contributed by atoms with van der Waals surface area (Å²) in [6.07, 6.45) is 1.73. The van der Waals surface area contributed by atoms with Crippen molar-refractivity contribution in [2.24, 2.45) is 0 Å². The van der Waals surface area contributed by atoms with Gasteiger partial charge in [-0.2, -0.15) is 6.20 Å². The minimum atomic E-state index is -0.413. The van der Waals surface area contributed by atoms with Crippen LogP contribution in [0.3, 0.4) is 0 Å². The number of nitro benzene ring substituents is 1. The molecule has 0 aliphatic carbocycles. The van der Waals surface area contributed by atoms with Crippen LogP contribution in [0.2, 0.25) is 0 Å². The molecule has 0 aliphatic heterocycles. The Labute approximate surface area is 131 Å². The van der Waals surface area contributed by atoms with E-state index >= 15 is 0 Å². The summed E-state index contributed by atoms with van der Waals surface area (Å²) in [4.78, 5) is 15.6. The number of rotatable bonds is 4. The molecule has 3 aromatic rings. The first-order chi connectivity index (χ1) is 10.1. The summed E-state index contributed by atoms with van der Waals surface area (Å²) in [6.45, 7) is 0. The van der Waals surface area contributed by atoms with Crippen molar-refractivity contribution in [1.82, 2.24) is 4.98 Å². The van der Waals surface area contributed by atoms with Crippen LogP contribution in [0.15, 0.2) is 53.6 Å². The van der Waals surface area contributed by atoms with E-state index < -0.39 is 4.92 Å². The van der Waals surface area contributed by atoms with Crippen LogP contribution in [0.25, 0.3) is 10.9 Å². The average Bonchev–Trinajstić information content (AvgIpc) is 2.89. The molecule has 0 radical (unpaired) electrons. The van der Waals surface area contributed by atoms with Crippen molar-refractivity contribution in [3.05, 3.63) is 77.6 Å². The van der Waals surface area contributed by atoms with Crippen LogP contribution in [0.5, 0.6) is 0 Å². The first-order valence-electron chi connectivity index (χ1n) is 6.20. The smallest absolute Gasteiger partial charge is 0.269 e. The molecule has 0 saturated heterocycles. The number of halogens is 1. The van der Waals surface area contributed by atoms with E-state index in [-0.39, 0.29) is 18.9 Å². The zero-order chi connectivity index (χ0) is 14.8. The van der Waals surface area contributed by atoms with Crippen molar-refractivity contribution in [2.75, 3.05) is 0 Å². The fourth-order valence-electron chi connectivity index (χ4n) is 2.03. The van der Waals surface area contributed by atoms with Gasteiger partial charge in [-0.15, -0.1) is 17.3 Å². The van der Waals surface area contributed by atoms with Crippen LogP contribution in [-0.4, -0.2) is 4.92 Å². The summed E-state index contributed by atoms with van der Waals surface area (Å²) < 4.78 is 12.8. The zero-order valence-electron chi connectivity index (χ0n) is 12.5. The Morgan fingerprint density at radius 1 is 1.17 bits per heavy atom. The summed E-state index contributed by atoms with van der Waals surface area (Å²) in [5.74, 6) is 0.360. The van der Waals surface area contributed by atoms with Crippen LogP contribution < -0.4 is 4.98 Å². The van der Waals surface area contributed by atoms with E-state index in [2.05, 4.69) is 4.98 Å². The van der Waals surface area contributed by atoms with Gasteiger partial charge in [0.2, 0.25) is 0 Å². The topological polar surface area (TPSA) is 57.2 Å². The van der Waals surface area contributed by atoms with Gasteiger partial charge in [-0.05, 0) is 29.7 Å². The molecule has 1 aromatic heterocycles. The van der Waals surface area contributed by atoms with E-state index in [1.165, 1.54) is 30.0 Å². The molecule has 116 valence electrons. The summed E-state index contributed by atoms with van der Waals surface area (Å²) in [5.41, 5.74) is 1.74. The predicted octanol–water partition coefficient (Wildman–Crippen LogP) is 4.59. The molecular weight excluding hydrogens is 573 g/mol. The van der Waals surface area contributed by atoms with Gasteiger partial charge < -0.3 is 12.4 Å². The summed E-state index contributed by atoms with van der Waals surface area (Å²) in [7, 11) is 0. The number of thioether (sulfide) groups is 1. The third-order valence-corrected chi connectivity index (χ3v) is 4.17. The quantitative estimate of drug-likeness (QED) is 0.195. The largest absolute Gasteiger partial charge is 0.663 e. The average molecular weight is 586 g/mol. The number of nitro groups is 1. The molecule has 7 heteroatoms. The fraction of sp³-hybridized carbons (Fsp3) is 0.0625. The standard InChI is InChI=1S/C15H10FN2O2S.CH3.Bh/c16-11-1-4-13(5-2-11)21-9-10-8-17-15-6-3-12(18(19)20)7-14(10)15;;/h1-8H,9H2;1H3;/q2*-1;. The van der Waals surface area contributed by atoms with Crippen molar-refractivity contribution in [3.63, 3.8) is 0 Å². The third-order valence-electron chi connectivity index (χ3n) is 3.10. The summed E-state index contributed by atoms with van der Waals surface area (Å²) in [6, 6.07) is 10.9. The Balaban J connectivity index is 0.00000132. The maximum atomic E-state index is 12.8. The molecular formula is C16H13BhFN2O2S-2. The normalized spacial score (nSPS) is 9.96. The van der Waals surface area contributed by atoms with Gasteiger partial charge in [0.25, 0.3) is 5.69 Å². The zero-order valence-corrected chi connectivity index (χ0v) is 19.9. The molecule has 0 unspecified atom stereocenters. The maximum absolute atomic E-state index is 12.8. The molecule has 0 atom stereocenters. The maximum Gasteiger partial charge on any atom is 0.269 e. The Hall–Kier alpha value is -3.34. The molecule has 2 aromatic carbocycles. The number of non-ortho nitro benzene ring substituents is 1. The molecule has 0 amide bonds. The van der Waals surface area contributed by atoms with Crippen molar-refractivity contribution < 1.29 is 9.31 Å². The van der Waals surface area contributed by atoms with Crippen molar-refractivity contribution >= 4 is 28.4 Å². The van der Waals surface area contributed by atoms with Gasteiger partial charge in [0.05, 0.1) is 4.92 Å². The van der Waals surface area contributed by atoms with Gasteiger partial charge in [0.15, 0.2) is 0 Å². The van der Waals surface area contributed by atoms with Crippen LogP contribution >= 0.6 is 11.8 Å². The Kier molecular flexibility index (Phi) is 5.46. The molecule has 0 spiro atoms. The van der Waals surface area contributed by atoms with Gasteiger partial charge >= 0.3 is 0 Å². The minimum Gasteiger partial charge on any atom is -0.663 e. The van der Waals surface area contributed by atoms with E-state index in [9.17, 15) is 14.5 Å². The van der Waals surface area contributed by atoms with Crippen LogP contribution in [0, 0.1) is 23.4 Å². The number of fused-ring (bicyclic) bond motifs is 1. The van der Waals surface area contributed by atoms with Crippen molar-refractivity contribution in [3.8, 4) is 0 Å². The van der Waals surface area contributed by atoms with E-state index in [0.717, 1.165) is 21.4 Å². The molecule has 0 saturated carbocycles. The molecule has 0 fully saturated rings. The Bertz CT molecular complexity index is 805. The number of nitrogens with zero attached hydrogens (tertiary/aromatic N) is 2. The summed E-state index contributed by atoms with van der Waals surface area (Å²) >= 11 is 1.54. The number of hydrogen-bond donors (Lipinski definition) is 0. The van der Waals surface area contributed by atoms with Crippen LogP contribution in [0.1, 0.15) is 5.56 Å². The van der Waals surface area contributed by atoms with Crippen LogP contribution in [-0.2, 0) is 5.75 Å². The predicted molar refractivity (Wildman–Crippen MR) is 86.3 cm³/mol. The SMILES string of the molecule is O=[N+]([O-])c1ccc2[n-]cc(CSc3ccc(F)cc3)c2c1.[Bh].[CH3-]. The first kappa shape index (κ1) is 17.7. The molecule has 4 nitrogen and oxygen atoms in total. The van der Waals surface area contributed by atoms with Crippen molar-refractivity contribution in [2.45, 2.75) is 10.6 Å². The monoisotopic (exact) mass is 586 g/mol. The second-order valence-electron chi connectivity index (χ2n) is 4.48. The van der Waals surface area contributed by atoms with Crippen LogP contribution in [0.4, 0.5) is 10.1 Å². The number of benzene rings is 2. The molecule has 23 heavy (non-hydrogen) atoms. The molecule has 3 rings (SSSR count). The fourth-order valence-corrected chi connectivity index (χ4v) is 2.91. The van der Waals surface area contributed by atoms with Gasteiger partial charge in [-0.3, -0.25) is 10.1 Å². The second kappa shape index (κ2) is 7.09. The van der Waals surface area contributed by atoms with E-state index in [0.29, 0.717) is 5.75 Å². The molecule has 0 N–H and O–H groups in total. The van der Waals surface area contributed by atoms with Crippen molar-refractivity contribution in [1.29, 1.82) is 0 Å². The molecule has 0 aliphatic rings. The minimum absolute atomic E-state index is 0. The van der Waals surface area contributed by atoms with E-state index in [1.54, 1.807) is 30.5 Å². The van der Waals surface area contributed by atoms with Gasteiger partial charge in [0.1, 0.15) is 5.82 Å². The van der Waals surface area contributed by atoms with E-state index in [1.807, 2.05) is 0 Å². The summed E-state index contributed by atoms with van der Waals surface area (Å²) in [5, 5.41) is 11.6. The van der Waals surface area contributed by atoms with Gasteiger partial charge in [0, 0.05) is 22.8 Å². The molecule has 0 bridgehead atoms. The number of aromatic nitrogens is 1. The van der Waals surface area contributed by atoms with Gasteiger partial charge in [-0.25, -0.2) is 4.39 Å².